The minimum Gasteiger partial charge on any atom is -0.468 e. The highest BCUT2D eigenvalue weighted by molar-refractivity contribution is 14.1. The van der Waals surface area contributed by atoms with Crippen LogP contribution in [0.5, 0.6) is 0 Å². The van der Waals surface area contributed by atoms with Gasteiger partial charge in [0.05, 0.1) is 12.8 Å². The summed E-state index contributed by atoms with van der Waals surface area (Å²) in [6, 6.07) is 10.2. The normalized spacial score (nSPS) is 10.6. The fourth-order valence-electron chi connectivity index (χ4n) is 1.41. The first-order chi connectivity index (χ1) is 7.75. The van der Waals surface area contributed by atoms with Crippen molar-refractivity contribution in [2.45, 2.75) is 13.1 Å². The van der Waals surface area contributed by atoms with Crippen molar-refractivity contribution in [2.24, 2.45) is 0 Å². The maximum Gasteiger partial charge on any atom is 0.117 e. The van der Waals surface area contributed by atoms with Gasteiger partial charge in [0.15, 0.2) is 0 Å². The maximum atomic E-state index is 5.25. The van der Waals surface area contributed by atoms with Gasteiger partial charge >= 0.3 is 0 Å². The monoisotopic (exact) mass is 391 g/mol. The summed E-state index contributed by atoms with van der Waals surface area (Å²) in [6.07, 6.45) is 1.69. The van der Waals surface area contributed by atoms with Gasteiger partial charge in [-0.15, -0.1) is 0 Å². The molecule has 0 aliphatic carbocycles. The topological polar surface area (TPSA) is 25.2 Å². The van der Waals surface area contributed by atoms with Crippen LogP contribution in [-0.4, -0.2) is 0 Å². The lowest BCUT2D eigenvalue weighted by atomic mass is 10.2. The molecule has 1 aromatic heterocycles. The van der Waals surface area contributed by atoms with Gasteiger partial charge in [-0.25, -0.2) is 0 Å². The minimum atomic E-state index is 0.760. The molecule has 0 unspecified atom stereocenters. The molecule has 1 heterocycles. The Morgan fingerprint density at radius 1 is 1.25 bits per heavy atom. The van der Waals surface area contributed by atoms with Gasteiger partial charge in [-0.1, -0.05) is 15.9 Å². The van der Waals surface area contributed by atoms with Crippen molar-refractivity contribution in [3.8, 4) is 0 Å². The average Bonchev–Trinajstić information content (AvgIpc) is 2.76. The Bertz CT molecular complexity index is 456. The van der Waals surface area contributed by atoms with Crippen LogP contribution in [0.4, 0.5) is 0 Å². The van der Waals surface area contributed by atoms with Gasteiger partial charge in [0.1, 0.15) is 5.76 Å². The molecule has 0 saturated heterocycles. The average molecular weight is 392 g/mol. The smallest absolute Gasteiger partial charge is 0.117 e. The number of furan rings is 1. The highest BCUT2D eigenvalue weighted by atomic mass is 127. The molecule has 0 amide bonds. The third-order valence-corrected chi connectivity index (χ3v) is 3.75. The van der Waals surface area contributed by atoms with Crippen molar-refractivity contribution >= 4 is 38.5 Å². The second-order valence-corrected chi connectivity index (χ2v) is 5.50. The second-order valence-electron chi connectivity index (χ2n) is 3.42. The fourth-order valence-corrected chi connectivity index (χ4v) is 2.35. The highest BCUT2D eigenvalue weighted by Gasteiger charge is 2.01. The molecule has 0 aliphatic rings. The summed E-state index contributed by atoms with van der Waals surface area (Å²) in [7, 11) is 0. The molecule has 0 radical (unpaired) electrons. The molecular weight excluding hydrogens is 381 g/mol. The molecule has 4 heteroatoms. The molecule has 0 aliphatic heterocycles. The number of halogens is 2. The van der Waals surface area contributed by atoms with Crippen LogP contribution >= 0.6 is 38.5 Å². The van der Waals surface area contributed by atoms with Crippen molar-refractivity contribution in [1.29, 1.82) is 0 Å². The van der Waals surface area contributed by atoms with Crippen LogP contribution in [0.1, 0.15) is 11.3 Å². The van der Waals surface area contributed by atoms with Crippen LogP contribution in [0.25, 0.3) is 0 Å². The van der Waals surface area contributed by atoms with E-state index in [0.29, 0.717) is 0 Å². The van der Waals surface area contributed by atoms with Crippen molar-refractivity contribution in [3.63, 3.8) is 0 Å². The van der Waals surface area contributed by atoms with Crippen molar-refractivity contribution in [2.75, 3.05) is 0 Å². The standard InChI is InChI=1S/C12H11BrINO/c13-10-3-4-12(14)9(6-10)7-15-8-11-2-1-5-16-11/h1-6,15H,7-8H2. The third-order valence-electron chi connectivity index (χ3n) is 2.20. The van der Waals surface area contributed by atoms with Crippen LogP contribution in [0, 0.1) is 3.57 Å². The summed E-state index contributed by atoms with van der Waals surface area (Å²) in [6.45, 7) is 1.61. The Hall–Kier alpha value is -0.330. The van der Waals surface area contributed by atoms with Gasteiger partial charge in [0, 0.05) is 14.6 Å². The molecule has 16 heavy (non-hydrogen) atoms. The predicted octanol–water partition coefficient (Wildman–Crippen LogP) is 3.94. The van der Waals surface area contributed by atoms with Crippen LogP contribution < -0.4 is 5.32 Å². The first kappa shape index (κ1) is 12.1. The zero-order valence-electron chi connectivity index (χ0n) is 8.54. The number of rotatable bonds is 4. The summed E-state index contributed by atoms with van der Waals surface area (Å²) >= 11 is 5.82. The Kier molecular flexibility index (Phi) is 4.43. The van der Waals surface area contributed by atoms with Crippen LogP contribution in [0.3, 0.4) is 0 Å². The summed E-state index contributed by atoms with van der Waals surface area (Å²) in [5.74, 6) is 0.963. The summed E-state index contributed by atoms with van der Waals surface area (Å²) in [5.41, 5.74) is 1.29. The number of hydrogen-bond acceptors (Lipinski definition) is 2. The highest BCUT2D eigenvalue weighted by Crippen LogP contribution is 2.18. The molecule has 2 rings (SSSR count). The second kappa shape index (κ2) is 5.84. The van der Waals surface area contributed by atoms with Crippen LogP contribution in [0.2, 0.25) is 0 Å². The maximum absolute atomic E-state index is 5.25. The summed E-state index contributed by atoms with van der Waals surface area (Å²) in [5, 5.41) is 3.35. The molecule has 0 fully saturated rings. The molecule has 0 bridgehead atoms. The van der Waals surface area contributed by atoms with Gasteiger partial charge in [-0.3, -0.25) is 0 Å². The van der Waals surface area contributed by atoms with Gasteiger partial charge < -0.3 is 9.73 Å². The largest absolute Gasteiger partial charge is 0.468 e. The molecule has 2 nitrogen and oxygen atoms in total. The molecule has 0 atom stereocenters. The lowest BCUT2D eigenvalue weighted by Crippen LogP contribution is -2.13. The van der Waals surface area contributed by atoms with E-state index < -0.39 is 0 Å². The molecule has 84 valence electrons. The van der Waals surface area contributed by atoms with E-state index >= 15 is 0 Å². The molecule has 0 saturated carbocycles. The minimum absolute atomic E-state index is 0.760. The van der Waals surface area contributed by atoms with E-state index in [1.807, 2.05) is 12.1 Å². The van der Waals surface area contributed by atoms with Gasteiger partial charge in [-0.2, -0.15) is 0 Å². The van der Waals surface area contributed by atoms with E-state index in [-0.39, 0.29) is 0 Å². The van der Waals surface area contributed by atoms with E-state index in [9.17, 15) is 0 Å². The Morgan fingerprint density at radius 3 is 2.88 bits per heavy atom. The first-order valence-corrected chi connectivity index (χ1v) is 6.80. The Balaban J connectivity index is 1.92. The van der Waals surface area contributed by atoms with E-state index in [2.05, 4.69) is 62.0 Å². The van der Waals surface area contributed by atoms with E-state index in [0.717, 1.165) is 23.3 Å². The molecular formula is C12H11BrINO. The van der Waals surface area contributed by atoms with Gasteiger partial charge in [0.25, 0.3) is 0 Å². The molecule has 2 aromatic rings. The molecule has 1 N–H and O–H groups in total. The SMILES string of the molecule is Brc1ccc(I)c(CNCc2ccco2)c1. The quantitative estimate of drug-likeness (QED) is 0.798. The summed E-state index contributed by atoms with van der Waals surface area (Å²) < 4.78 is 7.64. The van der Waals surface area contributed by atoms with Crippen molar-refractivity contribution in [3.05, 3.63) is 56.0 Å². The molecule has 0 spiro atoms. The van der Waals surface area contributed by atoms with Crippen LogP contribution in [-0.2, 0) is 13.1 Å². The molecule has 1 aromatic carbocycles. The van der Waals surface area contributed by atoms with E-state index in [1.54, 1.807) is 6.26 Å². The predicted molar refractivity (Wildman–Crippen MR) is 76.1 cm³/mol. The van der Waals surface area contributed by atoms with Crippen molar-refractivity contribution < 1.29 is 4.42 Å². The zero-order chi connectivity index (χ0) is 11.4. The van der Waals surface area contributed by atoms with Crippen molar-refractivity contribution in [1.82, 2.24) is 5.32 Å². The van der Waals surface area contributed by atoms with Gasteiger partial charge in [-0.05, 0) is 58.5 Å². The lowest BCUT2D eigenvalue weighted by Gasteiger charge is -2.06. The number of nitrogens with one attached hydrogen (secondary N) is 1. The van der Waals surface area contributed by atoms with E-state index in [4.69, 9.17) is 4.42 Å². The number of hydrogen-bond donors (Lipinski definition) is 1. The fraction of sp³-hybridized carbons (Fsp3) is 0.167. The lowest BCUT2D eigenvalue weighted by molar-refractivity contribution is 0.483. The number of benzene rings is 1. The van der Waals surface area contributed by atoms with Crippen LogP contribution in [0.15, 0.2) is 45.5 Å². The summed E-state index contributed by atoms with van der Waals surface area (Å²) in [4.78, 5) is 0. The Morgan fingerprint density at radius 2 is 2.12 bits per heavy atom. The Labute approximate surface area is 117 Å². The van der Waals surface area contributed by atoms with Gasteiger partial charge in [0.2, 0.25) is 0 Å². The first-order valence-electron chi connectivity index (χ1n) is 4.93. The van der Waals surface area contributed by atoms with E-state index in [1.165, 1.54) is 9.13 Å². The third kappa shape index (κ3) is 3.33. The zero-order valence-corrected chi connectivity index (χ0v) is 12.3.